The molecule has 0 amide bonds. The number of nitrogen functional groups attached to an aromatic ring is 1. The first kappa shape index (κ1) is 13.7. The van der Waals surface area contributed by atoms with E-state index in [9.17, 15) is 0 Å². The largest absolute Gasteiger partial charge is 0.384 e. The van der Waals surface area contributed by atoms with Gasteiger partial charge in [-0.05, 0) is 23.5 Å². The molecule has 0 aromatic heterocycles. The topological polar surface area (TPSA) is 49.9 Å². The third kappa shape index (κ3) is 3.34. The molecule has 2 rings (SSSR count). The Labute approximate surface area is 111 Å². The van der Waals surface area contributed by atoms with Crippen LogP contribution in [-0.2, 0) is 0 Å². The van der Waals surface area contributed by atoms with Gasteiger partial charge in [0.1, 0.15) is 5.84 Å². The zero-order chi connectivity index (χ0) is 10.7. The standard InChI is InChI=1S/C11H14N2S2.ClH/c12-10(13)8-2-4-9(5-3-8)11-14-6-1-7-15-11;/h2-5,11H,1,6-7H2,(H3,12,13);1H. The number of hydrogen-bond donors (Lipinski definition) is 2. The highest BCUT2D eigenvalue weighted by Gasteiger charge is 2.16. The Balaban J connectivity index is 0.00000128. The van der Waals surface area contributed by atoms with Crippen LogP contribution >= 0.6 is 35.9 Å². The van der Waals surface area contributed by atoms with Crippen LogP contribution in [0.5, 0.6) is 0 Å². The maximum Gasteiger partial charge on any atom is 0.122 e. The summed E-state index contributed by atoms with van der Waals surface area (Å²) in [5.41, 5.74) is 7.57. The zero-order valence-corrected chi connectivity index (χ0v) is 11.3. The molecule has 0 bridgehead atoms. The number of benzene rings is 1. The van der Waals surface area contributed by atoms with Crippen LogP contribution in [0.2, 0.25) is 0 Å². The van der Waals surface area contributed by atoms with Gasteiger partial charge in [0.2, 0.25) is 0 Å². The summed E-state index contributed by atoms with van der Waals surface area (Å²) in [7, 11) is 0. The summed E-state index contributed by atoms with van der Waals surface area (Å²) in [6.45, 7) is 0. The molecule has 0 aliphatic carbocycles. The molecule has 3 N–H and O–H groups in total. The highest BCUT2D eigenvalue weighted by Crippen LogP contribution is 2.43. The molecule has 1 heterocycles. The predicted octanol–water partition coefficient (Wildman–Crippen LogP) is 3.26. The van der Waals surface area contributed by atoms with E-state index in [-0.39, 0.29) is 18.2 Å². The van der Waals surface area contributed by atoms with Crippen molar-refractivity contribution < 1.29 is 0 Å². The fourth-order valence-electron chi connectivity index (χ4n) is 1.50. The molecule has 5 heteroatoms. The van der Waals surface area contributed by atoms with Crippen molar-refractivity contribution in [3.05, 3.63) is 35.4 Å². The van der Waals surface area contributed by atoms with Crippen molar-refractivity contribution in [3.8, 4) is 0 Å². The summed E-state index contributed by atoms with van der Waals surface area (Å²) in [4.78, 5) is 0. The molecular formula is C11H15ClN2S2. The highest BCUT2D eigenvalue weighted by molar-refractivity contribution is 8.16. The second kappa shape index (κ2) is 6.42. The smallest absolute Gasteiger partial charge is 0.122 e. The van der Waals surface area contributed by atoms with E-state index in [1.54, 1.807) is 0 Å². The SMILES string of the molecule is Cl.N=C(N)c1ccc(C2SCCCS2)cc1. The second-order valence-electron chi connectivity index (χ2n) is 3.46. The molecular weight excluding hydrogens is 260 g/mol. The molecule has 16 heavy (non-hydrogen) atoms. The average molecular weight is 275 g/mol. The van der Waals surface area contributed by atoms with Gasteiger partial charge >= 0.3 is 0 Å². The van der Waals surface area contributed by atoms with Crippen molar-refractivity contribution in [1.82, 2.24) is 0 Å². The molecule has 1 saturated heterocycles. The molecule has 1 aromatic carbocycles. The zero-order valence-electron chi connectivity index (χ0n) is 8.81. The van der Waals surface area contributed by atoms with Crippen LogP contribution in [0.25, 0.3) is 0 Å². The van der Waals surface area contributed by atoms with Crippen molar-refractivity contribution in [2.75, 3.05) is 11.5 Å². The van der Waals surface area contributed by atoms with Gasteiger partial charge < -0.3 is 5.73 Å². The normalized spacial score (nSPS) is 16.5. The Morgan fingerprint density at radius 3 is 2.25 bits per heavy atom. The Hall–Kier alpha value is -0.320. The molecule has 0 unspecified atom stereocenters. The quantitative estimate of drug-likeness (QED) is 0.643. The molecule has 2 nitrogen and oxygen atoms in total. The molecule has 88 valence electrons. The third-order valence-electron chi connectivity index (χ3n) is 2.32. The van der Waals surface area contributed by atoms with Crippen LogP contribution in [0.3, 0.4) is 0 Å². The minimum absolute atomic E-state index is 0. The Morgan fingerprint density at radius 1 is 1.19 bits per heavy atom. The van der Waals surface area contributed by atoms with Crippen molar-refractivity contribution in [3.63, 3.8) is 0 Å². The van der Waals surface area contributed by atoms with Crippen molar-refractivity contribution >= 4 is 41.8 Å². The van der Waals surface area contributed by atoms with E-state index in [0.29, 0.717) is 4.58 Å². The Bertz CT molecular complexity index is 348. The molecule has 1 fully saturated rings. The van der Waals surface area contributed by atoms with Gasteiger partial charge in [0.05, 0.1) is 4.58 Å². The van der Waals surface area contributed by atoms with Gasteiger partial charge in [-0.1, -0.05) is 24.3 Å². The van der Waals surface area contributed by atoms with Gasteiger partial charge in [-0.15, -0.1) is 35.9 Å². The molecule has 0 spiro atoms. The van der Waals surface area contributed by atoms with E-state index in [4.69, 9.17) is 11.1 Å². The van der Waals surface area contributed by atoms with Crippen LogP contribution < -0.4 is 5.73 Å². The first-order chi connectivity index (χ1) is 7.27. The Kier molecular flexibility index (Phi) is 5.52. The van der Waals surface area contributed by atoms with Gasteiger partial charge in [0.15, 0.2) is 0 Å². The first-order valence-corrected chi connectivity index (χ1v) is 7.04. The number of amidine groups is 1. The summed E-state index contributed by atoms with van der Waals surface area (Å²) >= 11 is 4.02. The summed E-state index contributed by atoms with van der Waals surface area (Å²) < 4.78 is 0.569. The molecule has 0 atom stereocenters. The second-order valence-corrected chi connectivity index (χ2v) is 6.19. The van der Waals surface area contributed by atoms with E-state index in [1.807, 2.05) is 35.7 Å². The van der Waals surface area contributed by atoms with Gasteiger partial charge in [-0.25, -0.2) is 0 Å². The first-order valence-electron chi connectivity index (χ1n) is 4.95. The van der Waals surface area contributed by atoms with Gasteiger partial charge in [0, 0.05) is 5.56 Å². The fraction of sp³-hybridized carbons (Fsp3) is 0.364. The van der Waals surface area contributed by atoms with E-state index < -0.39 is 0 Å². The van der Waals surface area contributed by atoms with E-state index in [1.165, 1.54) is 23.5 Å². The number of nitrogens with one attached hydrogen (secondary N) is 1. The lowest BCUT2D eigenvalue weighted by Gasteiger charge is -2.21. The third-order valence-corrected chi connectivity index (χ3v) is 5.34. The number of nitrogens with two attached hydrogens (primary N) is 1. The summed E-state index contributed by atoms with van der Waals surface area (Å²) in [6.07, 6.45) is 1.32. The lowest BCUT2D eigenvalue weighted by atomic mass is 10.1. The maximum atomic E-state index is 7.32. The fourth-order valence-corrected chi connectivity index (χ4v) is 4.39. The number of thioether (sulfide) groups is 2. The van der Waals surface area contributed by atoms with Gasteiger partial charge in [0.25, 0.3) is 0 Å². The van der Waals surface area contributed by atoms with Crippen molar-refractivity contribution in [2.45, 2.75) is 11.0 Å². The van der Waals surface area contributed by atoms with E-state index in [2.05, 4.69) is 12.1 Å². The van der Waals surface area contributed by atoms with E-state index in [0.717, 1.165) is 5.56 Å². The van der Waals surface area contributed by atoms with Crippen LogP contribution in [-0.4, -0.2) is 17.3 Å². The van der Waals surface area contributed by atoms with Crippen LogP contribution in [0.15, 0.2) is 24.3 Å². The summed E-state index contributed by atoms with van der Waals surface area (Å²) in [6, 6.07) is 8.06. The lowest BCUT2D eigenvalue weighted by Crippen LogP contribution is -2.10. The minimum atomic E-state index is 0. The average Bonchev–Trinajstić information content (AvgIpc) is 2.30. The van der Waals surface area contributed by atoms with Crippen molar-refractivity contribution in [2.24, 2.45) is 5.73 Å². The van der Waals surface area contributed by atoms with E-state index >= 15 is 0 Å². The predicted molar refractivity (Wildman–Crippen MR) is 77.0 cm³/mol. The van der Waals surface area contributed by atoms with Crippen LogP contribution in [0.1, 0.15) is 22.1 Å². The minimum Gasteiger partial charge on any atom is -0.384 e. The summed E-state index contributed by atoms with van der Waals surface area (Å²) in [5.74, 6) is 2.66. The summed E-state index contributed by atoms with van der Waals surface area (Å²) in [5, 5.41) is 7.32. The molecule has 1 aliphatic heterocycles. The Morgan fingerprint density at radius 2 is 1.75 bits per heavy atom. The lowest BCUT2D eigenvalue weighted by molar-refractivity contribution is 1.10. The molecule has 1 aromatic rings. The monoisotopic (exact) mass is 274 g/mol. The highest BCUT2D eigenvalue weighted by atomic mass is 35.5. The molecule has 0 radical (unpaired) electrons. The maximum absolute atomic E-state index is 7.32. The number of hydrogen-bond acceptors (Lipinski definition) is 3. The van der Waals surface area contributed by atoms with Crippen LogP contribution in [0, 0.1) is 5.41 Å². The molecule has 1 aliphatic rings. The number of halogens is 1. The van der Waals surface area contributed by atoms with Crippen LogP contribution in [0.4, 0.5) is 0 Å². The van der Waals surface area contributed by atoms with Crippen molar-refractivity contribution in [1.29, 1.82) is 5.41 Å². The van der Waals surface area contributed by atoms with Gasteiger partial charge in [-0.3, -0.25) is 5.41 Å². The number of rotatable bonds is 2. The van der Waals surface area contributed by atoms with Gasteiger partial charge in [-0.2, -0.15) is 0 Å². The molecule has 0 saturated carbocycles.